The third-order valence-corrected chi connectivity index (χ3v) is 6.70. The van der Waals surface area contributed by atoms with Crippen LogP contribution in [0.15, 0.2) is 35.1 Å². The number of likely N-dealkylation sites (N-methyl/N-ethyl adjacent to an activating group) is 1. The van der Waals surface area contributed by atoms with Gasteiger partial charge in [0.2, 0.25) is 11.4 Å². The van der Waals surface area contributed by atoms with E-state index in [0.29, 0.717) is 5.56 Å². The van der Waals surface area contributed by atoms with Gasteiger partial charge in [0, 0.05) is 11.5 Å². The standard InChI is InChI=1S/C23H22N2O8/c1-25(2)17-13-8-11-7-10-5-4-6-14(26)15(10)19(28)16(11)21(30)23(13,33-22(31)32-3)20(29)12(9-24)18(17)27/h4-6,11,13,17,26,28-29H,7-8H2,1-3H3/t11-,13-,17-,23+/m0/s1. The molecule has 0 radical (unpaired) electrons. The lowest BCUT2D eigenvalue weighted by Gasteiger charge is -2.51. The lowest BCUT2D eigenvalue weighted by molar-refractivity contribution is -0.157. The van der Waals surface area contributed by atoms with Gasteiger partial charge in [0.05, 0.1) is 18.7 Å². The number of carbonyl (C=O) groups excluding carboxylic acids is 3. The topological polar surface area (TPSA) is 157 Å². The minimum Gasteiger partial charge on any atom is -0.507 e. The first-order valence-electron chi connectivity index (χ1n) is 10.2. The Bertz CT molecular complexity index is 1190. The Kier molecular flexibility index (Phi) is 5.17. The summed E-state index contributed by atoms with van der Waals surface area (Å²) in [6.45, 7) is 0. The van der Waals surface area contributed by atoms with Crippen LogP contribution in [0, 0.1) is 23.2 Å². The molecule has 0 unspecified atom stereocenters. The van der Waals surface area contributed by atoms with Gasteiger partial charge in [-0.15, -0.1) is 0 Å². The summed E-state index contributed by atoms with van der Waals surface area (Å²) in [4.78, 5) is 40.8. The second kappa shape index (κ2) is 7.64. The molecule has 0 spiro atoms. The van der Waals surface area contributed by atoms with Crippen molar-refractivity contribution in [2.24, 2.45) is 11.8 Å². The largest absolute Gasteiger partial charge is 0.509 e. The quantitative estimate of drug-likeness (QED) is 0.563. The van der Waals surface area contributed by atoms with Crippen LogP contribution in [-0.2, 0) is 25.5 Å². The van der Waals surface area contributed by atoms with Gasteiger partial charge in [-0.05, 0) is 44.5 Å². The summed E-state index contributed by atoms with van der Waals surface area (Å²) < 4.78 is 9.95. The molecule has 3 N–H and O–H groups in total. The van der Waals surface area contributed by atoms with Gasteiger partial charge >= 0.3 is 6.16 Å². The summed E-state index contributed by atoms with van der Waals surface area (Å²) in [6, 6.07) is 5.23. The molecule has 0 aliphatic heterocycles. The van der Waals surface area contributed by atoms with Crippen LogP contribution in [0.25, 0.3) is 5.76 Å². The smallest absolute Gasteiger partial charge is 0.507 e. The highest BCUT2D eigenvalue weighted by Crippen LogP contribution is 2.54. The number of hydrogen-bond acceptors (Lipinski definition) is 10. The van der Waals surface area contributed by atoms with Gasteiger partial charge in [-0.1, -0.05) is 12.1 Å². The Balaban J connectivity index is 2.04. The van der Waals surface area contributed by atoms with Gasteiger partial charge in [-0.3, -0.25) is 14.5 Å². The van der Waals surface area contributed by atoms with Crippen molar-refractivity contribution in [3.8, 4) is 11.8 Å². The van der Waals surface area contributed by atoms with Gasteiger partial charge < -0.3 is 24.8 Å². The number of fused-ring (bicyclic) bond motifs is 3. The van der Waals surface area contributed by atoms with Crippen LogP contribution in [-0.4, -0.2) is 70.8 Å². The van der Waals surface area contributed by atoms with Crippen LogP contribution in [0.5, 0.6) is 5.75 Å². The molecule has 0 aromatic heterocycles. The molecule has 1 saturated carbocycles. The summed E-state index contributed by atoms with van der Waals surface area (Å²) in [7, 11) is 4.16. The van der Waals surface area contributed by atoms with Gasteiger partial charge in [0.25, 0.3) is 0 Å². The lowest BCUT2D eigenvalue weighted by atomic mass is 9.57. The molecule has 0 heterocycles. The molecular formula is C23H22N2O8. The summed E-state index contributed by atoms with van der Waals surface area (Å²) in [6.07, 6.45) is -0.973. The molecule has 3 aliphatic carbocycles. The number of ketones is 2. The molecule has 0 bridgehead atoms. The zero-order valence-corrected chi connectivity index (χ0v) is 18.2. The van der Waals surface area contributed by atoms with Crippen molar-refractivity contribution in [2.75, 3.05) is 21.2 Å². The Morgan fingerprint density at radius 3 is 2.55 bits per heavy atom. The first-order valence-corrected chi connectivity index (χ1v) is 10.2. The van der Waals surface area contributed by atoms with Gasteiger partial charge in [-0.25, -0.2) is 4.79 Å². The Hall–Kier alpha value is -3.84. The van der Waals surface area contributed by atoms with E-state index in [-0.39, 0.29) is 29.7 Å². The molecule has 1 aromatic rings. The number of nitriles is 1. The number of Topliss-reactive ketones (excluding diaryl/α,β-unsaturated/α-hetero) is 2. The summed E-state index contributed by atoms with van der Waals surface area (Å²) >= 11 is 0. The second-order valence-corrected chi connectivity index (χ2v) is 8.55. The number of phenols is 1. The second-order valence-electron chi connectivity index (χ2n) is 8.55. The Morgan fingerprint density at radius 1 is 1.24 bits per heavy atom. The zero-order chi connectivity index (χ0) is 24.2. The number of benzene rings is 1. The van der Waals surface area contributed by atoms with Crippen LogP contribution < -0.4 is 0 Å². The van der Waals surface area contributed by atoms with Crippen molar-refractivity contribution in [1.29, 1.82) is 5.26 Å². The third-order valence-electron chi connectivity index (χ3n) is 6.70. The summed E-state index contributed by atoms with van der Waals surface area (Å²) in [5.41, 5.74) is -2.64. The highest BCUT2D eigenvalue weighted by molar-refractivity contribution is 6.15. The highest BCUT2D eigenvalue weighted by Gasteiger charge is 2.67. The molecule has 10 nitrogen and oxygen atoms in total. The fourth-order valence-corrected chi connectivity index (χ4v) is 5.37. The molecule has 33 heavy (non-hydrogen) atoms. The molecule has 4 rings (SSSR count). The van der Waals surface area contributed by atoms with E-state index in [4.69, 9.17) is 4.74 Å². The molecule has 1 aromatic carbocycles. The SMILES string of the molecule is COC(=O)O[C@]12C(=O)C3=C(O)c4c(O)cccc4C[C@H]3C[C@H]1[C@H](N(C)C)C(=O)C(C#N)=C2O. The molecule has 3 aliphatic rings. The number of phenolic OH excluding ortho intramolecular Hbond substituents is 1. The van der Waals surface area contributed by atoms with E-state index in [1.165, 1.54) is 11.0 Å². The first-order chi connectivity index (χ1) is 15.6. The van der Waals surface area contributed by atoms with Crippen molar-refractivity contribution in [3.05, 3.63) is 46.2 Å². The third kappa shape index (κ3) is 2.93. The maximum atomic E-state index is 14.0. The molecule has 1 fully saturated rings. The number of nitrogens with zero attached hydrogens (tertiary/aromatic N) is 2. The minimum atomic E-state index is -2.46. The van der Waals surface area contributed by atoms with Crippen molar-refractivity contribution in [3.63, 3.8) is 0 Å². The van der Waals surface area contributed by atoms with Crippen LogP contribution in [0.2, 0.25) is 0 Å². The van der Waals surface area contributed by atoms with E-state index in [0.717, 1.165) is 7.11 Å². The number of rotatable bonds is 2. The van der Waals surface area contributed by atoms with Crippen molar-refractivity contribution < 1.29 is 39.2 Å². The first kappa shape index (κ1) is 22.4. The molecule has 0 saturated heterocycles. The van der Waals surface area contributed by atoms with E-state index >= 15 is 0 Å². The van der Waals surface area contributed by atoms with E-state index in [1.807, 2.05) is 0 Å². The number of ether oxygens (including phenoxy) is 2. The van der Waals surface area contributed by atoms with E-state index in [9.17, 15) is 35.0 Å². The number of carbonyl (C=O) groups is 3. The summed E-state index contributed by atoms with van der Waals surface area (Å²) in [5.74, 6) is -5.05. The van der Waals surface area contributed by atoms with Gasteiger partial charge in [0.15, 0.2) is 11.5 Å². The van der Waals surface area contributed by atoms with Crippen LogP contribution >= 0.6 is 0 Å². The predicted octanol–water partition coefficient (Wildman–Crippen LogP) is 1.79. The van der Waals surface area contributed by atoms with E-state index in [2.05, 4.69) is 4.74 Å². The van der Waals surface area contributed by atoms with Crippen LogP contribution in [0.3, 0.4) is 0 Å². The van der Waals surface area contributed by atoms with Gasteiger partial charge in [0.1, 0.15) is 23.2 Å². The lowest BCUT2D eigenvalue weighted by Crippen LogP contribution is -2.66. The average molecular weight is 454 g/mol. The number of aliphatic hydroxyl groups is 2. The highest BCUT2D eigenvalue weighted by atomic mass is 16.7. The Labute approximate surface area is 188 Å². The fraction of sp³-hybridized carbons (Fsp3) is 0.391. The van der Waals surface area contributed by atoms with E-state index in [1.54, 1.807) is 32.3 Å². The number of aromatic hydroxyl groups is 1. The number of hydrogen-bond donors (Lipinski definition) is 3. The zero-order valence-electron chi connectivity index (χ0n) is 18.2. The maximum absolute atomic E-state index is 14.0. The van der Waals surface area contributed by atoms with Crippen molar-refractivity contribution in [2.45, 2.75) is 24.5 Å². The van der Waals surface area contributed by atoms with Gasteiger partial charge in [-0.2, -0.15) is 5.26 Å². The molecular weight excluding hydrogens is 432 g/mol. The average Bonchev–Trinajstić information content (AvgIpc) is 2.75. The van der Waals surface area contributed by atoms with E-state index < -0.39 is 58.3 Å². The molecule has 10 heteroatoms. The molecule has 0 amide bonds. The van der Waals surface area contributed by atoms with Crippen molar-refractivity contribution in [1.82, 2.24) is 4.90 Å². The van der Waals surface area contributed by atoms with Crippen LogP contribution in [0.1, 0.15) is 17.5 Å². The maximum Gasteiger partial charge on any atom is 0.509 e. The molecule has 172 valence electrons. The monoisotopic (exact) mass is 454 g/mol. The Morgan fingerprint density at radius 2 is 1.94 bits per heavy atom. The minimum absolute atomic E-state index is 0.0641. The van der Waals surface area contributed by atoms with Crippen molar-refractivity contribution >= 4 is 23.5 Å². The molecule has 4 atom stereocenters. The number of aliphatic hydroxyl groups excluding tert-OH is 2. The van der Waals surface area contributed by atoms with Crippen LogP contribution in [0.4, 0.5) is 4.79 Å². The fourth-order valence-electron chi connectivity index (χ4n) is 5.37. The predicted molar refractivity (Wildman–Crippen MR) is 112 cm³/mol. The normalized spacial score (nSPS) is 28.6. The number of methoxy groups -OCH3 is 1. The summed E-state index contributed by atoms with van der Waals surface area (Å²) in [5, 5.41) is 41.9.